The van der Waals surface area contributed by atoms with E-state index in [0.29, 0.717) is 5.75 Å². The van der Waals surface area contributed by atoms with Gasteiger partial charge in [0.15, 0.2) is 11.5 Å². The molecule has 0 bridgehead atoms. The number of hydrogen-bond acceptors (Lipinski definition) is 6. The molecule has 2 unspecified atom stereocenters. The second-order valence-corrected chi connectivity index (χ2v) is 12.8. The molecule has 1 amide bonds. The summed E-state index contributed by atoms with van der Waals surface area (Å²) in [5.74, 6) is 0.465. The lowest BCUT2D eigenvalue weighted by Crippen LogP contribution is -2.59. The lowest BCUT2D eigenvalue weighted by Gasteiger charge is -2.35. The molecule has 222 valence electrons. The number of para-hydroxylation sites is 1. The van der Waals surface area contributed by atoms with E-state index in [1.165, 1.54) is 38.8 Å². The van der Waals surface area contributed by atoms with Crippen molar-refractivity contribution in [2.75, 3.05) is 14.2 Å². The molecule has 2 atom stereocenters. The lowest BCUT2D eigenvalue weighted by atomic mass is 9.82. The van der Waals surface area contributed by atoms with Gasteiger partial charge in [0.25, 0.3) is 0 Å². The van der Waals surface area contributed by atoms with Gasteiger partial charge in [0, 0.05) is 35.8 Å². The van der Waals surface area contributed by atoms with Gasteiger partial charge in [-0.05, 0) is 61.6 Å². The monoisotopic (exact) mass is 590 g/mol. The second kappa shape index (κ2) is 12.5. The zero-order valence-corrected chi connectivity index (χ0v) is 25.0. The van der Waals surface area contributed by atoms with Crippen LogP contribution >= 0.6 is 0 Å². The number of benzene rings is 2. The number of methoxy groups -OCH3 is 2. The molecule has 0 radical (unpaired) electrons. The zero-order chi connectivity index (χ0) is 29.7. The van der Waals surface area contributed by atoms with E-state index in [9.17, 15) is 13.2 Å². The average Bonchev–Trinajstić information content (AvgIpc) is 3.42. The minimum absolute atomic E-state index is 0.0355. The van der Waals surface area contributed by atoms with Crippen molar-refractivity contribution < 1.29 is 22.7 Å². The number of amides is 1. The summed E-state index contributed by atoms with van der Waals surface area (Å²) in [5.41, 5.74) is 0.963. The van der Waals surface area contributed by atoms with Crippen molar-refractivity contribution >= 4 is 26.8 Å². The number of aromatic nitrogens is 2. The summed E-state index contributed by atoms with van der Waals surface area (Å²) < 4.78 is 41.1. The summed E-state index contributed by atoms with van der Waals surface area (Å²) in [6.07, 6.45) is 8.96. The maximum absolute atomic E-state index is 14.4. The maximum atomic E-state index is 14.4. The molecule has 2 heterocycles. The molecule has 0 aliphatic heterocycles. The molecule has 4 aromatic rings. The summed E-state index contributed by atoms with van der Waals surface area (Å²) in [6.45, 7) is 1.64. The smallest absolute Gasteiger partial charge is 0.241 e. The van der Waals surface area contributed by atoms with Crippen LogP contribution in [0.3, 0.4) is 0 Å². The minimum Gasteiger partial charge on any atom is -0.493 e. The highest BCUT2D eigenvalue weighted by atomic mass is 32.2. The van der Waals surface area contributed by atoms with Gasteiger partial charge < -0.3 is 19.8 Å². The number of pyridine rings is 1. The number of nitrogens with zero attached hydrogens (tertiary/aromatic N) is 1. The fraction of sp³-hybridized carbons (Fsp3) is 0.375. The van der Waals surface area contributed by atoms with E-state index in [4.69, 9.17) is 9.47 Å². The summed E-state index contributed by atoms with van der Waals surface area (Å²) in [5, 5.41) is 4.16. The largest absolute Gasteiger partial charge is 0.493 e. The summed E-state index contributed by atoms with van der Waals surface area (Å²) in [6, 6.07) is 17.5. The second-order valence-electron chi connectivity index (χ2n) is 11.1. The third-order valence-corrected chi connectivity index (χ3v) is 9.75. The quantitative estimate of drug-likeness (QED) is 0.218. The van der Waals surface area contributed by atoms with E-state index in [1.54, 1.807) is 13.1 Å². The summed E-state index contributed by atoms with van der Waals surface area (Å²) in [7, 11) is -1.25. The van der Waals surface area contributed by atoms with E-state index in [-0.39, 0.29) is 29.0 Å². The van der Waals surface area contributed by atoms with Gasteiger partial charge in [-0.15, -0.1) is 0 Å². The fourth-order valence-electron chi connectivity index (χ4n) is 5.92. The van der Waals surface area contributed by atoms with Crippen LogP contribution < -0.4 is 19.5 Å². The molecule has 2 aromatic heterocycles. The molecule has 9 nitrogen and oxygen atoms in total. The Hall–Kier alpha value is -3.89. The standard InChI is InChI=1S/C32H38N4O5S/c1-32(20-23-21-34-26-14-8-7-13-25(23)26,36-42(38,39)24-16-17-28(40-2)29(19-24)41-3)31(37)35-30(22-11-5-4-6-12-22)27-15-9-10-18-33-27/h7-10,13-19,21-22,30,34,36H,4-6,11-12,20H2,1-3H3,(H,35,37). The van der Waals surface area contributed by atoms with Gasteiger partial charge in [-0.25, -0.2) is 8.42 Å². The van der Waals surface area contributed by atoms with Crippen molar-refractivity contribution in [3.63, 3.8) is 0 Å². The van der Waals surface area contributed by atoms with Crippen LogP contribution in [0, 0.1) is 5.92 Å². The predicted molar refractivity (Wildman–Crippen MR) is 162 cm³/mol. The zero-order valence-electron chi connectivity index (χ0n) is 24.2. The Morgan fingerprint density at radius 1 is 1.02 bits per heavy atom. The number of carbonyl (C=O) groups excluding carboxylic acids is 1. The third-order valence-electron chi connectivity index (χ3n) is 8.16. The molecule has 1 aliphatic rings. The molecule has 1 fully saturated rings. The van der Waals surface area contributed by atoms with Gasteiger partial charge in [-0.3, -0.25) is 9.78 Å². The first kappa shape index (κ1) is 29.6. The molecular formula is C32H38N4O5S. The van der Waals surface area contributed by atoms with Crippen LogP contribution in [0.2, 0.25) is 0 Å². The number of ether oxygens (including phenoxy) is 2. The van der Waals surface area contributed by atoms with Gasteiger partial charge in [-0.1, -0.05) is 43.5 Å². The average molecular weight is 591 g/mol. The van der Waals surface area contributed by atoms with Gasteiger partial charge in [0.05, 0.1) is 30.9 Å². The SMILES string of the molecule is COc1ccc(S(=O)(=O)NC(C)(Cc2c[nH]c3ccccc23)C(=O)NC(c2ccccn2)C2CCCCC2)cc1OC. The first-order chi connectivity index (χ1) is 20.2. The molecule has 0 saturated heterocycles. The molecule has 1 aliphatic carbocycles. The predicted octanol–water partition coefficient (Wildman–Crippen LogP) is 5.30. The number of hydrogen-bond donors (Lipinski definition) is 3. The summed E-state index contributed by atoms with van der Waals surface area (Å²) in [4.78, 5) is 22.2. The topological polar surface area (TPSA) is 122 Å². The van der Waals surface area contributed by atoms with Crippen molar-refractivity contribution in [2.24, 2.45) is 5.92 Å². The van der Waals surface area contributed by atoms with Gasteiger partial charge in [-0.2, -0.15) is 4.72 Å². The van der Waals surface area contributed by atoms with E-state index in [1.807, 2.05) is 48.7 Å². The molecule has 0 spiro atoms. The van der Waals surface area contributed by atoms with Crippen LogP contribution in [0.5, 0.6) is 11.5 Å². The van der Waals surface area contributed by atoms with E-state index >= 15 is 0 Å². The van der Waals surface area contributed by atoms with Crippen LogP contribution in [0.4, 0.5) is 0 Å². The van der Waals surface area contributed by atoms with Crippen molar-refractivity contribution in [3.05, 3.63) is 84.3 Å². The summed E-state index contributed by atoms with van der Waals surface area (Å²) >= 11 is 0. The number of carbonyl (C=O) groups is 1. The van der Waals surface area contributed by atoms with Gasteiger partial charge in [0.1, 0.15) is 5.54 Å². The van der Waals surface area contributed by atoms with Crippen molar-refractivity contribution in [1.29, 1.82) is 0 Å². The number of nitrogens with one attached hydrogen (secondary N) is 3. The molecular weight excluding hydrogens is 552 g/mol. The minimum atomic E-state index is -4.17. The molecule has 3 N–H and O–H groups in total. The van der Waals surface area contributed by atoms with E-state index < -0.39 is 21.5 Å². The number of H-pyrrole nitrogens is 1. The first-order valence-electron chi connectivity index (χ1n) is 14.3. The molecule has 42 heavy (non-hydrogen) atoms. The Bertz CT molecular complexity index is 1630. The lowest BCUT2D eigenvalue weighted by molar-refractivity contribution is -0.127. The van der Waals surface area contributed by atoms with E-state index in [0.717, 1.165) is 47.8 Å². The Morgan fingerprint density at radius 3 is 2.48 bits per heavy atom. The van der Waals surface area contributed by atoms with E-state index in [2.05, 4.69) is 20.0 Å². The number of rotatable bonds is 11. The highest BCUT2D eigenvalue weighted by Crippen LogP contribution is 2.35. The fourth-order valence-corrected chi connectivity index (χ4v) is 7.31. The highest BCUT2D eigenvalue weighted by molar-refractivity contribution is 7.89. The molecule has 1 saturated carbocycles. The number of sulfonamides is 1. The van der Waals surface area contributed by atoms with Crippen LogP contribution in [-0.4, -0.2) is 44.1 Å². The normalized spacial score (nSPS) is 16.5. The molecule has 5 rings (SSSR count). The Balaban J connectivity index is 1.52. The molecule has 2 aromatic carbocycles. The maximum Gasteiger partial charge on any atom is 0.241 e. The third kappa shape index (κ3) is 6.29. The van der Waals surface area contributed by atoms with Crippen LogP contribution in [0.1, 0.15) is 56.3 Å². The molecule has 10 heteroatoms. The number of fused-ring (bicyclic) bond motifs is 1. The van der Waals surface area contributed by atoms with Crippen molar-refractivity contribution in [2.45, 2.75) is 61.9 Å². The van der Waals surface area contributed by atoms with Crippen LogP contribution in [0.25, 0.3) is 10.9 Å². The van der Waals surface area contributed by atoms with Gasteiger partial charge in [0.2, 0.25) is 15.9 Å². The van der Waals surface area contributed by atoms with Gasteiger partial charge >= 0.3 is 0 Å². The van der Waals surface area contributed by atoms with Crippen LogP contribution in [0.15, 0.2) is 78.0 Å². The number of aromatic amines is 1. The Kier molecular flexibility index (Phi) is 8.84. The first-order valence-corrected chi connectivity index (χ1v) is 15.8. The Labute approximate surface area is 247 Å². The van der Waals surface area contributed by atoms with Crippen molar-refractivity contribution in [3.8, 4) is 11.5 Å². The van der Waals surface area contributed by atoms with Crippen LogP contribution in [-0.2, 0) is 21.2 Å². The van der Waals surface area contributed by atoms with Crippen molar-refractivity contribution in [1.82, 2.24) is 20.0 Å². The highest BCUT2D eigenvalue weighted by Gasteiger charge is 2.41. The Morgan fingerprint density at radius 2 is 1.76 bits per heavy atom.